The zero-order valence-electron chi connectivity index (χ0n) is 13.8. The summed E-state index contributed by atoms with van der Waals surface area (Å²) in [5.74, 6) is -0.205. The molecular weight excluding hydrogens is 355 g/mol. The van der Waals surface area contributed by atoms with E-state index in [4.69, 9.17) is 14.4 Å². The van der Waals surface area contributed by atoms with Gasteiger partial charge >= 0.3 is 6.18 Å². The monoisotopic (exact) mass is 373 g/mol. The van der Waals surface area contributed by atoms with E-state index in [2.05, 4.69) is 15.5 Å². The number of hydrogen-bond acceptors (Lipinski definition) is 5. The number of aliphatic carboxylic acids is 1. The largest absolute Gasteiger partial charge is 0.481 e. The van der Waals surface area contributed by atoms with Crippen LogP contribution in [0.5, 0.6) is 0 Å². The number of aromatic amines is 1. The third-order valence-electron chi connectivity index (χ3n) is 3.83. The van der Waals surface area contributed by atoms with E-state index in [9.17, 15) is 18.0 Å². The van der Waals surface area contributed by atoms with Crippen LogP contribution >= 0.6 is 0 Å². The number of piperidine rings is 1. The zero-order chi connectivity index (χ0) is 19.3. The Labute approximate surface area is 146 Å². The lowest BCUT2D eigenvalue weighted by Crippen LogP contribution is -2.31. The summed E-state index contributed by atoms with van der Waals surface area (Å²) in [5, 5.41) is 12.9. The van der Waals surface area contributed by atoms with Gasteiger partial charge in [0.1, 0.15) is 11.5 Å². The summed E-state index contributed by atoms with van der Waals surface area (Å²) in [4.78, 5) is 23.6. The summed E-state index contributed by atoms with van der Waals surface area (Å²) in [6.45, 7) is 1.77. The number of alkyl halides is 3. The molecule has 3 N–H and O–H groups in total. The van der Waals surface area contributed by atoms with Crippen molar-refractivity contribution in [2.75, 3.05) is 6.54 Å². The van der Waals surface area contributed by atoms with Crippen LogP contribution in [0.2, 0.25) is 0 Å². The van der Waals surface area contributed by atoms with Crippen LogP contribution in [-0.4, -0.2) is 27.8 Å². The van der Waals surface area contributed by atoms with Crippen LogP contribution in [0.15, 0.2) is 33.7 Å². The van der Waals surface area contributed by atoms with E-state index in [-0.39, 0.29) is 17.5 Å². The van der Waals surface area contributed by atoms with Gasteiger partial charge in [-0.3, -0.25) is 14.6 Å². The maximum absolute atomic E-state index is 12.5. The van der Waals surface area contributed by atoms with Crippen LogP contribution in [0.25, 0.3) is 0 Å². The smallest absolute Gasteiger partial charge is 0.433 e. The Morgan fingerprint density at radius 1 is 1.38 bits per heavy atom. The van der Waals surface area contributed by atoms with Crippen LogP contribution in [0, 0.1) is 0 Å². The molecule has 0 amide bonds. The van der Waals surface area contributed by atoms with E-state index in [0.717, 1.165) is 19.4 Å². The molecule has 0 saturated carbocycles. The van der Waals surface area contributed by atoms with Crippen LogP contribution in [0.3, 0.4) is 0 Å². The van der Waals surface area contributed by atoms with E-state index in [1.807, 2.05) is 0 Å². The number of carboxylic acids is 1. The molecule has 0 spiro atoms. The van der Waals surface area contributed by atoms with Crippen LogP contribution in [0.1, 0.15) is 48.7 Å². The first kappa shape index (κ1) is 19.7. The second-order valence-electron chi connectivity index (χ2n) is 5.84. The maximum atomic E-state index is 12.5. The average Bonchev–Trinajstić information content (AvgIpc) is 3.00. The lowest BCUT2D eigenvalue weighted by molar-refractivity contribution is -0.141. The lowest BCUT2D eigenvalue weighted by Gasteiger charge is -2.29. The summed E-state index contributed by atoms with van der Waals surface area (Å²) in [7, 11) is 0. The van der Waals surface area contributed by atoms with Gasteiger partial charge in [-0.2, -0.15) is 18.3 Å². The summed E-state index contributed by atoms with van der Waals surface area (Å²) >= 11 is 0. The van der Waals surface area contributed by atoms with Gasteiger partial charge in [0.15, 0.2) is 0 Å². The van der Waals surface area contributed by atoms with Crippen molar-refractivity contribution in [3.05, 3.63) is 51.8 Å². The number of pyridine rings is 1. The standard InChI is InChI=1S/C14H14F3N3O2.C2H4O2/c15-14(16,17)12-2-1-9(7-19-12)10-5-8(3-4-18-10)11-6-13(21)20-22-11;1-2(3)4/h1-2,6-8,10,18H,3-5H2,(H,20,21);1H3,(H,3,4)/t8-,10-;/m1./s1. The molecule has 3 heterocycles. The van der Waals surface area contributed by atoms with Gasteiger partial charge in [0, 0.05) is 31.1 Å². The zero-order valence-corrected chi connectivity index (χ0v) is 13.8. The topological polar surface area (TPSA) is 108 Å². The Morgan fingerprint density at radius 2 is 2.08 bits per heavy atom. The molecule has 1 aliphatic heterocycles. The first-order valence-corrected chi connectivity index (χ1v) is 7.81. The van der Waals surface area contributed by atoms with Crippen molar-refractivity contribution < 1.29 is 27.6 Å². The van der Waals surface area contributed by atoms with Crippen molar-refractivity contribution in [3.8, 4) is 0 Å². The van der Waals surface area contributed by atoms with Crippen LogP contribution < -0.4 is 10.9 Å². The predicted molar refractivity (Wildman–Crippen MR) is 84.6 cm³/mol. The average molecular weight is 373 g/mol. The quantitative estimate of drug-likeness (QED) is 0.747. The van der Waals surface area contributed by atoms with Crippen LogP contribution in [-0.2, 0) is 11.0 Å². The number of aromatic nitrogens is 2. The minimum atomic E-state index is -4.43. The molecule has 0 aromatic carbocycles. The third kappa shape index (κ3) is 5.45. The molecule has 26 heavy (non-hydrogen) atoms. The fraction of sp³-hybridized carbons (Fsp3) is 0.438. The molecule has 142 valence electrons. The highest BCUT2D eigenvalue weighted by atomic mass is 19.4. The minimum absolute atomic E-state index is 0.0486. The lowest BCUT2D eigenvalue weighted by atomic mass is 9.87. The molecule has 2 aromatic heterocycles. The first-order valence-electron chi connectivity index (χ1n) is 7.81. The number of hydrogen-bond donors (Lipinski definition) is 3. The van der Waals surface area contributed by atoms with Crippen molar-refractivity contribution in [1.29, 1.82) is 0 Å². The molecule has 0 aliphatic carbocycles. The molecular formula is C16H18F3N3O4. The summed E-state index contributed by atoms with van der Waals surface area (Å²) in [6.07, 6.45) is -1.76. The Morgan fingerprint density at radius 3 is 2.58 bits per heavy atom. The Balaban J connectivity index is 0.000000552. The highest BCUT2D eigenvalue weighted by molar-refractivity contribution is 5.62. The van der Waals surface area contributed by atoms with Gasteiger partial charge in [-0.05, 0) is 31.0 Å². The minimum Gasteiger partial charge on any atom is -0.481 e. The van der Waals surface area contributed by atoms with E-state index >= 15 is 0 Å². The van der Waals surface area contributed by atoms with Crippen LogP contribution in [0.4, 0.5) is 13.2 Å². The maximum Gasteiger partial charge on any atom is 0.433 e. The molecule has 0 radical (unpaired) electrons. The molecule has 3 rings (SSSR count). The highest BCUT2D eigenvalue weighted by Gasteiger charge is 2.33. The molecule has 1 aliphatic rings. The van der Waals surface area contributed by atoms with Crippen molar-refractivity contribution in [1.82, 2.24) is 15.5 Å². The highest BCUT2D eigenvalue weighted by Crippen LogP contribution is 2.34. The van der Waals surface area contributed by atoms with E-state index in [0.29, 0.717) is 24.3 Å². The second-order valence-corrected chi connectivity index (χ2v) is 5.84. The number of rotatable bonds is 2. The summed E-state index contributed by atoms with van der Waals surface area (Å²) < 4.78 is 42.7. The van der Waals surface area contributed by atoms with E-state index in [1.54, 1.807) is 0 Å². The normalized spacial score (nSPS) is 20.2. The summed E-state index contributed by atoms with van der Waals surface area (Å²) in [6, 6.07) is 3.71. The molecule has 1 fully saturated rings. The van der Waals surface area contributed by atoms with Crippen molar-refractivity contribution in [2.24, 2.45) is 0 Å². The number of H-pyrrole nitrogens is 1. The number of carbonyl (C=O) groups is 1. The van der Waals surface area contributed by atoms with Gasteiger partial charge in [-0.25, -0.2) is 0 Å². The Hall–Kier alpha value is -2.62. The molecule has 0 unspecified atom stereocenters. The van der Waals surface area contributed by atoms with Crippen molar-refractivity contribution in [3.63, 3.8) is 0 Å². The fourth-order valence-corrected chi connectivity index (χ4v) is 2.71. The number of carboxylic acid groups (broad SMARTS) is 1. The predicted octanol–water partition coefficient (Wildman–Crippen LogP) is 2.68. The van der Waals surface area contributed by atoms with Crippen molar-refractivity contribution >= 4 is 5.97 Å². The van der Waals surface area contributed by atoms with Gasteiger partial charge in [0.25, 0.3) is 11.5 Å². The molecule has 10 heteroatoms. The van der Waals surface area contributed by atoms with E-state index < -0.39 is 17.8 Å². The van der Waals surface area contributed by atoms with Gasteiger partial charge in [-0.15, -0.1) is 0 Å². The van der Waals surface area contributed by atoms with Gasteiger partial charge in [0.05, 0.1) is 0 Å². The summed E-state index contributed by atoms with van der Waals surface area (Å²) in [5.41, 5.74) is -0.503. The second kappa shape index (κ2) is 8.17. The third-order valence-corrected chi connectivity index (χ3v) is 3.83. The SMILES string of the molecule is CC(=O)O.O=c1cc([C@@H]2CCN[C@@H](c3ccc(C(F)(F)F)nc3)C2)o[nH]1. The molecule has 2 atom stereocenters. The van der Waals surface area contributed by atoms with Gasteiger partial charge in [0.2, 0.25) is 0 Å². The van der Waals surface area contributed by atoms with Gasteiger partial charge in [-0.1, -0.05) is 6.07 Å². The van der Waals surface area contributed by atoms with E-state index in [1.165, 1.54) is 18.3 Å². The molecule has 0 bridgehead atoms. The number of nitrogens with one attached hydrogen (secondary N) is 2. The molecule has 2 aromatic rings. The van der Waals surface area contributed by atoms with Gasteiger partial charge < -0.3 is 14.9 Å². The number of halogens is 3. The first-order chi connectivity index (χ1) is 12.2. The Bertz CT molecular complexity index is 779. The fourth-order valence-electron chi connectivity index (χ4n) is 2.71. The van der Waals surface area contributed by atoms with Crippen molar-refractivity contribution in [2.45, 2.75) is 37.9 Å². The Kier molecular flexibility index (Phi) is 6.19. The molecule has 7 nitrogen and oxygen atoms in total. The number of nitrogens with zero attached hydrogens (tertiary/aromatic N) is 1. The molecule has 1 saturated heterocycles.